The van der Waals surface area contributed by atoms with Crippen molar-refractivity contribution in [2.45, 2.75) is 27.7 Å². The fourth-order valence-corrected chi connectivity index (χ4v) is 3.59. The van der Waals surface area contributed by atoms with Crippen LogP contribution in [0, 0.1) is 27.7 Å². The summed E-state index contributed by atoms with van der Waals surface area (Å²) in [5.74, 6) is 0.0115. The molecule has 140 valence electrons. The van der Waals surface area contributed by atoms with Crippen molar-refractivity contribution in [2.75, 3.05) is 0 Å². The molecule has 0 aliphatic carbocycles. The molecular formula is C27H26O. The van der Waals surface area contributed by atoms with Crippen LogP contribution >= 0.6 is 0 Å². The second-order valence-electron chi connectivity index (χ2n) is 7.31. The fraction of sp³-hybridized carbons (Fsp3) is 0.148. The SMILES string of the molecule is Cc1ccc(/C(=C/C=C/C(=O)c2ccccc2)c2c(C)cc(C)cc2C)cc1. The summed E-state index contributed by atoms with van der Waals surface area (Å²) in [4.78, 5) is 12.4. The third kappa shape index (κ3) is 4.55. The number of carbonyl (C=O) groups is 1. The Hall–Kier alpha value is -3.19. The number of hydrogen-bond donors (Lipinski definition) is 0. The van der Waals surface area contributed by atoms with E-state index in [2.05, 4.69) is 70.2 Å². The second-order valence-corrected chi connectivity index (χ2v) is 7.31. The van der Waals surface area contributed by atoms with Gasteiger partial charge < -0.3 is 0 Å². The molecule has 0 N–H and O–H groups in total. The molecule has 0 saturated carbocycles. The number of carbonyl (C=O) groups excluding carboxylic acids is 1. The van der Waals surface area contributed by atoms with E-state index in [1.165, 1.54) is 27.8 Å². The van der Waals surface area contributed by atoms with Gasteiger partial charge in [-0.1, -0.05) is 90.0 Å². The molecule has 0 aliphatic rings. The molecule has 0 saturated heterocycles. The van der Waals surface area contributed by atoms with Gasteiger partial charge in [-0.2, -0.15) is 0 Å². The Morgan fingerprint density at radius 2 is 1.32 bits per heavy atom. The fourth-order valence-electron chi connectivity index (χ4n) is 3.59. The standard InChI is InChI=1S/C27H26O/c1-19-13-15-23(16-14-19)25(27-21(3)17-20(2)18-22(27)4)11-8-12-26(28)24-9-6-5-7-10-24/h5-18H,1-4H3/b12-8+,25-11-. The van der Waals surface area contributed by atoms with Crippen molar-refractivity contribution in [3.63, 3.8) is 0 Å². The Labute approximate surface area is 168 Å². The van der Waals surface area contributed by atoms with Crippen molar-refractivity contribution in [3.05, 3.63) is 124 Å². The van der Waals surface area contributed by atoms with E-state index in [1.54, 1.807) is 6.08 Å². The van der Waals surface area contributed by atoms with Crippen LogP contribution in [0.25, 0.3) is 5.57 Å². The van der Waals surface area contributed by atoms with E-state index in [0.29, 0.717) is 5.56 Å². The summed E-state index contributed by atoms with van der Waals surface area (Å²) in [5.41, 5.74) is 9.19. The smallest absolute Gasteiger partial charge is 0.185 e. The largest absolute Gasteiger partial charge is 0.289 e. The van der Waals surface area contributed by atoms with Gasteiger partial charge in [0.05, 0.1) is 0 Å². The average molecular weight is 367 g/mol. The highest BCUT2D eigenvalue weighted by atomic mass is 16.1. The molecule has 3 rings (SSSR count). The van der Waals surface area contributed by atoms with Crippen molar-refractivity contribution < 1.29 is 4.79 Å². The van der Waals surface area contributed by atoms with Crippen LogP contribution in [0.1, 0.15) is 43.7 Å². The minimum atomic E-state index is 0.0115. The summed E-state index contributed by atoms with van der Waals surface area (Å²) in [6.07, 6.45) is 5.56. The van der Waals surface area contributed by atoms with Crippen LogP contribution in [-0.2, 0) is 0 Å². The molecule has 0 amide bonds. The lowest BCUT2D eigenvalue weighted by molar-refractivity contribution is 0.104. The normalized spacial score (nSPS) is 11.8. The molecule has 28 heavy (non-hydrogen) atoms. The summed E-state index contributed by atoms with van der Waals surface area (Å²) in [6, 6.07) is 22.3. The van der Waals surface area contributed by atoms with Crippen LogP contribution in [0.3, 0.4) is 0 Å². The summed E-state index contributed by atoms with van der Waals surface area (Å²) in [6.45, 7) is 8.51. The molecule has 0 aliphatic heterocycles. The number of ketones is 1. The number of aryl methyl sites for hydroxylation is 4. The van der Waals surface area contributed by atoms with Gasteiger partial charge in [0.15, 0.2) is 5.78 Å². The van der Waals surface area contributed by atoms with Crippen LogP contribution in [0.5, 0.6) is 0 Å². The molecule has 0 spiro atoms. The maximum atomic E-state index is 12.4. The van der Waals surface area contributed by atoms with Crippen LogP contribution < -0.4 is 0 Å². The lowest BCUT2D eigenvalue weighted by atomic mass is 9.89. The minimum Gasteiger partial charge on any atom is -0.289 e. The van der Waals surface area contributed by atoms with Crippen LogP contribution in [0.4, 0.5) is 0 Å². The van der Waals surface area contributed by atoms with Crippen molar-refractivity contribution in [3.8, 4) is 0 Å². The molecule has 1 nitrogen and oxygen atoms in total. The van der Waals surface area contributed by atoms with Gasteiger partial charge in [-0.25, -0.2) is 0 Å². The predicted octanol–water partition coefficient (Wildman–Crippen LogP) is 6.79. The first-order valence-corrected chi connectivity index (χ1v) is 9.58. The van der Waals surface area contributed by atoms with E-state index in [4.69, 9.17) is 0 Å². The van der Waals surface area contributed by atoms with Crippen molar-refractivity contribution >= 4 is 11.4 Å². The zero-order valence-electron chi connectivity index (χ0n) is 17.0. The first-order valence-electron chi connectivity index (χ1n) is 9.58. The third-order valence-corrected chi connectivity index (χ3v) is 4.88. The van der Waals surface area contributed by atoms with Gasteiger partial charge in [-0.3, -0.25) is 4.79 Å². The van der Waals surface area contributed by atoms with E-state index in [0.717, 1.165) is 11.1 Å². The Kier molecular flexibility index (Phi) is 6.06. The number of hydrogen-bond acceptors (Lipinski definition) is 1. The van der Waals surface area contributed by atoms with Gasteiger partial charge in [-0.05, 0) is 61.6 Å². The molecule has 0 bridgehead atoms. The molecule has 3 aromatic rings. The molecule has 3 aromatic carbocycles. The summed E-state index contributed by atoms with van der Waals surface area (Å²) < 4.78 is 0. The van der Waals surface area contributed by atoms with Crippen LogP contribution in [-0.4, -0.2) is 5.78 Å². The van der Waals surface area contributed by atoms with Crippen LogP contribution in [0.2, 0.25) is 0 Å². The minimum absolute atomic E-state index is 0.0115. The molecular weight excluding hydrogens is 340 g/mol. The van der Waals surface area contributed by atoms with Gasteiger partial charge >= 0.3 is 0 Å². The maximum Gasteiger partial charge on any atom is 0.185 e. The molecule has 0 atom stereocenters. The van der Waals surface area contributed by atoms with Crippen molar-refractivity contribution in [1.82, 2.24) is 0 Å². The third-order valence-electron chi connectivity index (χ3n) is 4.88. The lowest BCUT2D eigenvalue weighted by Crippen LogP contribution is -1.97. The number of benzene rings is 3. The van der Waals surface area contributed by atoms with E-state index in [-0.39, 0.29) is 5.78 Å². The molecule has 0 fully saturated rings. The second kappa shape index (κ2) is 8.67. The topological polar surface area (TPSA) is 17.1 Å². The quantitative estimate of drug-likeness (QED) is 0.276. The average Bonchev–Trinajstić information content (AvgIpc) is 2.67. The van der Waals surface area contributed by atoms with E-state index >= 15 is 0 Å². The van der Waals surface area contributed by atoms with E-state index in [1.807, 2.05) is 36.4 Å². The van der Waals surface area contributed by atoms with Gasteiger partial charge in [0.2, 0.25) is 0 Å². The van der Waals surface area contributed by atoms with Crippen LogP contribution in [0.15, 0.2) is 85.0 Å². The Morgan fingerprint density at radius 1 is 0.714 bits per heavy atom. The zero-order chi connectivity index (χ0) is 20.1. The van der Waals surface area contributed by atoms with Crippen molar-refractivity contribution in [1.29, 1.82) is 0 Å². The van der Waals surface area contributed by atoms with E-state index in [9.17, 15) is 4.79 Å². The highest BCUT2D eigenvalue weighted by molar-refractivity contribution is 6.04. The molecule has 0 aromatic heterocycles. The lowest BCUT2D eigenvalue weighted by Gasteiger charge is -2.15. The summed E-state index contributed by atoms with van der Waals surface area (Å²) >= 11 is 0. The number of rotatable bonds is 5. The predicted molar refractivity (Wildman–Crippen MR) is 119 cm³/mol. The monoisotopic (exact) mass is 366 g/mol. The van der Waals surface area contributed by atoms with Gasteiger partial charge in [0, 0.05) is 5.56 Å². The number of allylic oxidation sites excluding steroid dienone is 3. The Morgan fingerprint density at radius 3 is 1.93 bits per heavy atom. The highest BCUT2D eigenvalue weighted by Gasteiger charge is 2.11. The Bertz CT molecular complexity index is 1010. The molecule has 0 unspecified atom stereocenters. The van der Waals surface area contributed by atoms with E-state index < -0.39 is 0 Å². The highest BCUT2D eigenvalue weighted by Crippen LogP contribution is 2.30. The van der Waals surface area contributed by atoms with Crippen molar-refractivity contribution in [2.24, 2.45) is 0 Å². The van der Waals surface area contributed by atoms with Gasteiger partial charge in [0.25, 0.3) is 0 Å². The molecule has 1 heteroatoms. The summed E-state index contributed by atoms with van der Waals surface area (Å²) in [5, 5.41) is 0. The maximum absolute atomic E-state index is 12.4. The molecule has 0 radical (unpaired) electrons. The first-order chi connectivity index (χ1) is 13.5. The van der Waals surface area contributed by atoms with Gasteiger partial charge in [0.1, 0.15) is 0 Å². The molecule has 0 heterocycles. The summed E-state index contributed by atoms with van der Waals surface area (Å²) in [7, 11) is 0. The first kappa shape index (κ1) is 19.6. The Balaban J connectivity index is 2.04. The zero-order valence-corrected chi connectivity index (χ0v) is 17.0. The van der Waals surface area contributed by atoms with Gasteiger partial charge in [-0.15, -0.1) is 0 Å².